The van der Waals surface area contributed by atoms with Crippen molar-refractivity contribution in [2.45, 2.75) is 25.4 Å². The van der Waals surface area contributed by atoms with E-state index in [1.807, 2.05) is 6.07 Å². The number of benzene rings is 2. The number of carbonyl (C=O) groups excluding carboxylic acids is 1. The number of nitro benzene ring substituents is 1. The summed E-state index contributed by atoms with van der Waals surface area (Å²) in [6.07, 6.45) is 0.306. The number of nitrogens with zero attached hydrogens (tertiary/aromatic N) is 1. The lowest BCUT2D eigenvalue weighted by atomic mass is 10.0. The molecular formula is C19H20ClN3O5S. The normalized spacial score (nSPS) is 20.2. The lowest BCUT2D eigenvalue weighted by molar-refractivity contribution is -0.384. The molecule has 1 heterocycles. The molecule has 2 aromatic rings. The van der Waals surface area contributed by atoms with Crippen LogP contribution in [0.25, 0.3) is 0 Å². The van der Waals surface area contributed by atoms with E-state index in [0.717, 1.165) is 5.56 Å². The number of carbonyl (C=O) groups is 1. The minimum Gasteiger partial charge on any atom is -0.375 e. The second-order valence-corrected chi connectivity index (χ2v) is 9.88. The topological polar surface area (TPSA) is 118 Å². The smallest absolute Gasteiger partial charge is 0.293 e. The number of hydrogen-bond donors (Lipinski definition) is 2. The van der Waals surface area contributed by atoms with Crippen molar-refractivity contribution in [2.24, 2.45) is 0 Å². The summed E-state index contributed by atoms with van der Waals surface area (Å²) in [5.41, 5.74) is -0.0210. The van der Waals surface area contributed by atoms with E-state index in [2.05, 4.69) is 10.6 Å². The summed E-state index contributed by atoms with van der Waals surface area (Å²) >= 11 is 6.10. The Balaban J connectivity index is 1.78. The molecule has 1 saturated heterocycles. The van der Waals surface area contributed by atoms with Crippen LogP contribution in [0, 0.1) is 10.1 Å². The summed E-state index contributed by atoms with van der Waals surface area (Å²) < 4.78 is 23.4. The SMILES string of the molecule is CC1(NC(=O)c2ccc(NCc3ccccc3Cl)c([N+](=O)[O-])c2)CCS(=O)(=O)C1. The maximum absolute atomic E-state index is 12.6. The maximum atomic E-state index is 12.6. The van der Waals surface area contributed by atoms with Gasteiger partial charge in [-0.25, -0.2) is 8.42 Å². The minimum atomic E-state index is -3.19. The minimum absolute atomic E-state index is 0.00876. The fourth-order valence-corrected chi connectivity index (χ4v) is 5.56. The fourth-order valence-electron chi connectivity index (χ4n) is 3.26. The van der Waals surface area contributed by atoms with Crippen LogP contribution >= 0.6 is 11.6 Å². The Labute approximate surface area is 173 Å². The monoisotopic (exact) mass is 437 g/mol. The average molecular weight is 438 g/mol. The highest BCUT2D eigenvalue weighted by molar-refractivity contribution is 7.91. The van der Waals surface area contributed by atoms with Gasteiger partial charge in [0, 0.05) is 23.2 Å². The van der Waals surface area contributed by atoms with Crippen molar-refractivity contribution >= 4 is 38.7 Å². The van der Waals surface area contributed by atoms with E-state index in [1.54, 1.807) is 25.1 Å². The quantitative estimate of drug-likeness (QED) is 0.529. The zero-order chi connectivity index (χ0) is 21.2. The zero-order valence-electron chi connectivity index (χ0n) is 15.6. The maximum Gasteiger partial charge on any atom is 0.293 e. The van der Waals surface area contributed by atoms with E-state index in [0.29, 0.717) is 11.4 Å². The molecule has 0 radical (unpaired) electrons. The predicted molar refractivity (Wildman–Crippen MR) is 111 cm³/mol. The van der Waals surface area contributed by atoms with Gasteiger partial charge < -0.3 is 10.6 Å². The molecular weight excluding hydrogens is 418 g/mol. The predicted octanol–water partition coefficient (Wildman–Crippen LogP) is 3.17. The molecule has 1 atom stereocenters. The number of hydrogen-bond acceptors (Lipinski definition) is 6. The average Bonchev–Trinajstić information content (AvgIpc) is 2.93. The molecule has 154 valence electrons. The highest BCUT2D eigenvalue weighted by Gasteiger charge is 2.39. The third-order valence-corrected chi connectivity index (χ3v) is 7.07. The van der Waals surface area contributed by atoms with E-state index in [9.17, 15) is 23.3 Å². The van der Waals surface area contributed by atoms with Gasteiger partial charge in [0.15, 0.2) is 9.84 Å². The second-order valence-electron chi connectivity index (χ2n) is 7.29. The van der Waals surface area contributed by atoms with Crippen LogP contribution in [0.1, 0.15) is 29.3 Å². The molecule has 3 rings (SSSR count). The third kappa shape index (κ3) is 5.04. The van der Waals surface area contributed by atoms with Crippen molar-refractivity contribution in [3.05, 3.63) is 68.7 Å². The molecule has 1 aliphatic heterocycles. The van der Waals surface area contributed by atoms with Crippen LogP contribution in [-0.2, 0) is 16.4 Å². The molecule has 2 aromatic carbocycles. The van der Waals surface area contributed by atoms with Crippen molar-refractivity contribution in [3.8, 4) is 0 Å². The van der Waals surface area contributed by atoms with Gasteiger partial charge in [-0.15, -0.1) is 0 Å². The first kappa shape index (κ1) is 21.1. The van der Waals surface area contributed by atoms with Crippen LogP contribution in [-0.4, -0.2) is 36.3 Å². The molecule has 1 amide bonds. The van der Waals surface area contributed by atoms with Gasteiger partial charge in [0.2, 0.25) is 0 Å². The van der Waals surface area contributed by atoms with Crippen LogP contribution in [0.3, 0.4) is 0 Å². The summed E-state index contributed by atoms with van der Waals surface area (Å²) in [6, 6.07) is 11.2. The Morgan fingerprint density at radius 2 is 2.00 bits per heavy atom. The number of anilines is 1. The Hall–Kier alpha value is -2.65. The van der Waals surface area contributed by atoms with Gasteiger partial charge in [-0.3, -0.25) is 14.9 Å². The standard InChI is InChI=1S/C19H20ClN3O5S/c1-19(8-9-29(27,28)12-19)22-18(24)13-6-7-16(17(10-13)23(25)26)21-11-14-4-2-3-5-15(14)20/h2-7,10,21H,8-9,11-12H2,1H3,(H,22,24). The van der Waals surface area contributed by atoms with E-state index >= 15 is 0 Å². The van der Waals surface area contributed by atoms with Crippen molar-refractivity contribution in [3.63, 3.8) is 0 Å². The highest BCUT2D eigenvalue weighted by atomic mass is 35.5. The first-order valence-corrected chi connectivity index (χ1v) is 11.1. The number of nitro groups is 1. The molecule has 0 bridgehead atoms. The van der Waals surface area contributed by atoms with Crippen LogP contribution in [0.4, 0.5) is 11.4 Å². The Kier molecular flexibility index (Phi) is 5.81. The van der Waals surface area contributed by atoms with Crippen LogP contribution in [0.5, 0.6) is 0 Å². The zero-order valence-corrected chi connectivity index (χ0v) is 17.2. The van der Waals surface area contributed by atoms with E-state index in [4.69, 9.17) is 11.6 Å². The molecule has 2 N–H and O–H groups in total. The first-order valence-electron chi connectivity index (χ1n) is 8.87. The molecule has 0 spiro atoms. The van der Waals surface area contributed by atoms with Gasteiger partial charge in [0.1, 0.15) is 5.69 Å². The Bertz CT molecular complexity index is 1070. The van der Waals surface area contributed by atoms with Crippen molar-refractivity contribution < 1.29 is 18.1 Å². The van der Waals surface area contributed by atoms with Crippen molar-refractivity contribution in [2.75, 3.05) is 16.8 Å². The molecule has 1 fully saturated rings. The third-order valence-electron chi connectivity index (χ3n) is 4.80. The number of sulfone groups is 1. The molecule has 10 heteroatoms. The van der Waals surface area contributed by atoms with Gasteiger partial charge in [0.25, 0.3) is 11.6 Å². The van der Waals surface area contributed by atoms with E-state index < -0.39 is 26.2 Å². The number of nitrogens with one attached hydrogen (secondary N) is 2. The van der Waals surface area contributed by atoms with Crippen LogP contribution in [0.15, 0.2) is 42.5 Å². The van der Waals surface area contributed by atoms with Gasteiger partial charge >= 0.3 is 0 Å². The Morgan fingerprint density at radius 3 is 2.62 bits per heavy atom. The summed E-state index contributed by atoms with van der Waals surface area (Å²) in [5, 5.41) is 17.7. The lowest BCUT2D eigenvalue weighted by Gasteiger charge is -2.23. The summed E-state index contributed by atoms with van der Waals surface area (Å²) in [4.78, 5) is 23.5. The molecule has 29 heavy (non-hydrogen) atoms. The highest BCUT2D eigenvalue weighted by Crippen LogP contribution is 2.28. The van der Waals surface area contributed by atoms with Gasteiger partial charge in [0.05, 0.1) is 22.0 Å². The van der Waals surface area contributed by atoms with Crippen LogP contribution in [0.2, 0.25) is 5.02 Å². The summed E-state index contributed by atoms with van der Waals surface area (Å²) in [6.45, 7) is 1.94. The summed E-state index contributed by atoms with van der Waals surface area (Å²) in [5.74, 6) is -0.689. The lowest BCUT2D eigenvalue weighted by Crippen LogP contribution is -2.46. The molecule has 1 aliphatic rings. The van der Waals surface area contributed by atoms with E-state index in [1.165, 1.54) is 18.2 Å². The number of amides is 1. The molecule has 0 saturated carbocycles. The summed E-state index contributed by atoms with van der Waals surface area (Å²) in [7, 11) is -3.19. The van der Waals surface area contributed by atoms with Crippen molar-refractivity contribution in [1.82, 2.24) is 5.32 Å². The van der Waals surface area contributed by atoms with Gasteiger partial charge in [-0.05, 0) is 37.1 Å². The number of rotatable bonds is 6. The van der Waals surface area contributed by atoms with Crippen molar-refractivity contribution in [1.29, 1.82) is 0 Å². The largest absolute Gasteiger partial charge is 0.375 e. The molecule has 1 unspecified atom stereocenters. The van der Waals surface area contributed by atoms with Gasteiger partial charge in [-0.1, -0.05) is 29.8 Å². The number of halogens is 1. The second kappa shape index (κ2) is 8.00. The first-order chi connectivity index (χ1) is 13.6. The van der Waals surface area contributed by atoms with E-state index in [-0.39, 0.29) is 35.0 Å². The molecule has 0 aromatic heterocycles. The molecule has 8 nitrogen and oxygen atoms in total. The van der Waals surface area contributed by atoms with Crippen LogP contribution < -0.4 is 10.6 Å². The van der Waals surface area contributed by atoms with Gasteiger partial charge in [-0.2, -0.15) is 0 Å². The molecule has 0 aliphatic carbocycles. The Morgan fingerprint density at radius 1 is 1.28 bits per heavy atom. The fraction of sp³-hybridized carbons (Fsp3) is 0.316.